The molecule has 0 aliphatic carbocycles. The summed E-state index contributed by atoms with van der Waals surface area (Å²) in [7, 11) is 0. The quantitative estimate of drug-likeness (QED) is 0.427. The van der Waals surface area contributed by atoms with Gasteiger partial charge in [-0.2, -0.15) is 0 Å². The van der Waals surface area contributed by atoms with Crippen molar-refractivity contribution in [1.29, 1.82) is 0 Å². The lowest BCUT2D eigenvalue weighted by atomic mass is 10.00. The molecule has 1 aromatic rings. The van der Waals surface area contributed by atoms with Gasteiger partial charge in [0.15, 0.2) is 11.3 Å². The summed E-state index contributed by atoms with van der Waals surface area (Å²) < 4.78 is 10.2. The average molecular weight is 435 g/mol. The summed E-state index contributed by atoms with van der Waals surface area (Å²) >= 11 is 1.19. The fourth-order valence-corrected chi connectivity index (χ4v) is 5.07. The Bertz CT molecular complexity index is 761. The van der Waals surface area contributed by atoms with E-state index in [1.54, 1.807) is 12.1 Å². The van der Waals surface area contributed by atoms with E-state index in [-0.39, 0.29) is 35.6 Å². The second-order valence-electron chi connectivity index (χ2n) is 7.50. The summed E-state index contributed by atoms with van der Waals surface area (Å²) in [5, 5.41) is -0.00441. The highest BCUT2D eigenvalue weighted by Gasteiger charge is 2.48. The van der Waals surface area contributed by atoms with Crippen LogP contribution in [0.4, 0.5) is 0 Å². The van der Waals surface area contributed by atoms with E-state index in [0.29, 0.717) is 43.8 Å². The van der Waals surface area contributed by atoms with Crippen LogP contribution < -0.4 is 0 Å². The highest BCUT2D eigenvalue weighted by atomic mass is 32.2. The molecule has 0 aromatic heterocycles. The molecule has 0 radical (unpaired) electrons. The summed E-state index contributed by atoms with van der Waals surface area (Å²) in [4.78, 5) is 50.3. The molecule has 4 atom stereocenters. The number of rotatable bonds is 9. The number of piperazine rings is 1. The maximum atomic E-state index is 13.2. The van der Waals surface area contributed by atoms with E-state index in [0.717, 1.165) is 6.42 Å². The van der Waals surface area contributed by atoms with Gasteiger partial charge < -0.3 is 14.4 Å². The highest BCUT2D eigenvalue weighted by Crippen LogP contribution is 2.37. The van der Waals surface area contributed by atoms with Crippen LogP contribution in [0.2, 0.25) is 0 Å². The van der Waals surface area contributed by atoms with Gasteiger partial charge in [0, 0.05) is 43.3 Å². The largest absolute Gasteiger partial charge is 0.468 e. The van der Waals surface area contributed by atoms with Gasteiger partial charge >= 0.3 is 0 Å². The lowest BCUT2D eigenvalue weighted by Gasteiger charge is -2.44. The summed E-state index contributed by atoms with van der Waals surface area (Å²) in [6.45, 7) is 3.61. The van der Waals surface area contributed by atoms with Crippen molar-refractivity contribution in [1.82, 2.24) is 9.80 Å². The molecule has 0 saturated carbocycles. The van der Waals surface area contributed by atoms with Gasteiger partial charge in [0.2, 0.25) is 0 Å². The van der Waals surface area contributed by atoms with Crippen molar-refractivity contribution in [3.05, 3.63) is 35.9 Å². The Morgan fingerprint density at radius 1 is 1.17 bits per heavy atom. The zero-order valence-electron chi connectivity index (χ0n) is 16.8. The van der Waals surface area contributed by atoms with Crippen molar-refractivity contribution >= 4 is 35.7 Å². The van der Waals surface area contributed by atoms with Crippen LogP contribution in [0.25, 0.3) is 0 Å². The number of benzene rings is 1. The molecule has 2 aliphatic heterocycles. The third-order valence-corrected chi connectivity index (χ3v) is 6.63. The summed E-state index contributed by atoms with van der Waals surface area (Å²) in [6.07, 6.45) is 0.872. The number of hydrogen-bond acceptors (Lipinski definition) is 8. The summed E-state index contributed by atoms with van der Waals surface area (Å²) in [5.74, 6) is 0.419. The third-order valence-electron chi connectivity index (χ3n) is 5.67. The molecule has 162 valence electrons. The number of hydrogen-bond donors (Lipinski definition) is 0. The van der Waals surface area contributed by atoms with Crippen LogP contribution in [-0.4, -0.2) is 77.5 Å². The normalized spacial score (nSPS) is 26.0. The van der Waals surface area contributed by atoms with Crippen LogP contribution in [-0.2, 0) is 23.9 Å². The first kappa shape index (κ1) is 22.3. The maximum Gasteiger partial charge on any atom is 0.294 e. The van der Waals surface area contributed by atoms with E-state index in [9.17, 15) is 19.2 Å². The van der Waals surface area contributed by atoms with Crippen molar-refractivity contribution in [3.8, 4) is 0 Å². The number of carbonyl (C=O) groups excluding carboxylic acids is 4. The predicted molar refractivity (Wildman–Crippen MR) is 111 cm³/mol. The van der Waals surface area contributed by atoms with Crippen molar-refractivity contribution in [3.63, 3.8) is 0 Å². The van der Waals surface area contributed by atoms with Gasteiger partial charge in [0.25, 0.3) is 18.9 Å². The molecule has 8 nitrogen and oxygen atoms in total. The topological polar surface area (TPSA) is 93.2 Å². The Labute approximate surface area is 179 Å². The molecule has 0 spiro atoms. The minimum atomic E-state index is -0.429. The number of amides is 1. The molecule has 0 N–H and O–H groups in total. The molecular weight excluding hydrogens is 408 g/mol. The monoisotopic (exact) mass is 434 g/mol. The number of nitrogens with zero attached hydrogens (tertiary/aromatic N) is 2. The molecule has 1 amide bonds. The number of carbonyl (C=O) groups is 4. The first-order chi connectivity index (χ1) is 14.5. The second-order valence-corrected chi connectivity index (χ2v) is 8.70. The molecule has 1 aromatic carbocycles. The minimum absolute atomic E-state index is 0.00441. The van der Waals surface area contributed by atoms with Gasteiger partial charge in [0.1, 0.15) is 0 Å². The van der Waals surface area contributed by atoms with Gasteiger partial charge in [0.05, 0.1) is 12.6 Å². The Morgan fingerprint density at radius 3 is 2.60 bits per heavy atom. The molecule has 3 rings (SSSR count). The standard InChI is InChI=1S/C21H26N2O6S/c1-15(26)30-12-19-11-23-18(9-17(7-8-28-13-24)21(23)29-14-25)10-22(19)20(27)16-5-3-2-4-6-16/h2-6,13-14,17-19,21H,7-12H2,1H3/t17-,18-,19+,21+/m0/s1. The Morgan fingerprint density at radius 2 is 1.93 bits per heavy atom. The second kappa shape index (κ2) is 10.6. The van der Waals surface area contributed by atoms with Crippen LogP contribution in [0.1, 0.15) is 30.1 Å². The molecule has 0 unspecified atom stereocenters. The van der Waals surface area contributed by atoms with E-state index in [4.69, 9.17) is 9.47 Å². The average Bonchev–Trinajstić information content (AvgIpc) is 3.08. The van der Waals surface area contributed by atoms with Crippen molar-refractivity contribution in [2.24, 2.45) is 5.92 Å². The zero-order valence-corrected chi connectivity index (χ0v) is 17.7. The lowest BCUT2D eigenvalue weighted by molar-refractivity contribution is -0.149. The van der Waals surface area contributed by atoms with Crippen molar-refractivity contribution in [2.75, 3.05) is 25.4 Å². The van der Waals surface area contributed by atoms with Crippen molar-refractivity contribution in [2.45, 2.75) is 38.1 Å². The Hall–Kier alpha value is -2.39. The van der Waals surface area contributed by atoms with Gasteiger partial charge in [-0.15, -0.1) is 0 Å². The molecule has 9 heteroatoms. The number of thioether (sulfide) groups is 1. The minimum Gasteiger partial charge on any atom is -0.468 e. The molecule has 30 heavy (non-hydrogen) atoms. The molecule has 0 bridgehead atoms. The van der Waals surface area contributed by atoms with Gasteiger partial charge in [-0.1, -0.05) is 30.0 Å². The van der Waals surface area contributed by atoms with Crippen molar-refractivity contribution < 1.29 is 28.7 Å². The SMILES string of the molecule is CC(=O)SC[C@H]1CN2[C@@H](C[C@H](CCOC=O)[C@H]2OC=O)CN1C(=O)c1ccccc1. The molecule has 2 fully saturated rings. The maximum absolute atomic E-state index is 13.2. The van der Waals surface area contributed by atoms with Gasteiger partial charge in [-0.05, 0) is 25.0 Å². The predicted octanol–water partition coefficient (Wildman–Crippen LogP) is 1.54. The van der Waals surface area contributed by atoms with E-state index in [1.807, 2.05) is 23.1 Å². The Kier molecular flexibility index (Phi) is 7.87. The smallest absolute Gasteiger partial charge is 0.294 e. The zero-order chi connectivity index (χ0) is 21.5. The first-order valence-electron chi connectivity index (χ1n) is 9.94. The number of ether oxygens (including phenoxy) is 2. The summed E-state index contributed by atoms with van der Waals surface area (Å²) in [6, 6.07) is 8.94. The van der Waals surface area contributed by atoms with Crippen LogP contribution in [0.5, 0.6) is 0 Å². The van der Waals surface area contributed by atoms with E-state index in [2.05, 4.69) is 4.90 Å². The van der Waals surface area contributed by atoms with E-state index in [1.165, 1.54) is 18.7 Å². The molecule has 2 heterocycles. The van der Waals surface area contributed by atoms with Gasteiger partial charge in [-0.25, -0.2) is 0 Å². The number of fused-ring (bicyclic) bond motifs is 1. The fourth-order valence-electron chi connectivity index (χ4n) is 4.36. The lowest BCUT2D eigenvalue weighted by Crippen LogP contribution is -2.60. The third kappa shape index (κ3) is 5.20. The first-order valence-corrected chi connectivity index (χ1v) is 10.9. The van der Waals surface area contributed by atoms with Crippen LogP contribution in [0.3, 0.4) is 0 Å². The van der Waals surface area contributed by atoms with Crippen LogP contribution in [0.15, 0.2) is 30.3 Å². The molecular formula is C21H26N2O6S. The van der Waals surface area contributed by atoms with E-state index >= 15 is 0 Å². The summed E-state index contributed by atoms with van der Waals surface area (Å²) in [5.41, 5.74) is 0.610. The highest BCUT2D eigenvalue weighted by molar-refractivity contribution is 8.13. The van der Waals surface area contributed by atoms with E-state index < -0.39 is 6.23 Å². The van der Waals surface area contributed by atoms with Crippen LogP contribution in [0, 0.1) is 5.92 Å². The van der Waals surface area contributed by atoms with Crippen LogP contribution >= 0.6 is 11.8 Å². The van der Waals surface area contributed by atoms with Gasteiger partial charge in [-0.3, -0.25) is 24.1 Å². The molecule has 2 aliphatic rings. The Balaban J connectivity index is 1.80. The fraction of sp³-hybridized carbons (Fsp3) is 0.524. The molecule has 2 saturated heterocycles.